The fourth-order valence-electron chi connectivity index (χ4n) is 2.74. The molecule has 1 unspecified atom stereocenters. The molecule has 2 N–H and O–H groups in total. The first-order valence-corrected chi connectivity index (χ1v) is 7.73. The molecular weight excluding hydrogens is 270 g/mol. The molecule has 1 aliphatic carbocycles. The zero-order chi connectivity index (χ0) is 13.9. The lowest BCUT2D eigenvalue weighted by Crippen LogP contribution is -2.23. The Labute approximate surface area is 122 Å². The number of carbonyl (C=O) groups excluding carboxylic acids is 1. The first kappa shape index (κ1) is 13.3. The summed E-state index contributed by atoms with van der Waals surface area (Å²) in [6.07, 6.45) is 3.08. The standard InChI is InChI=1S/C16H17NO2S/c18-10-11-3-1-4-12(9-11)17-16(19)14-5-2-6-15-13(14)7-8-20-15/h1,3-4,7-9,14,18H,2,5-6,10H2,(H,17,19). The van der Waals surface area contributed by atoms with Crippen molar-refractivity contribution in [2.45, 2.75) is 31.8 Å². The summed E-state index contributed by atoms with van der Waals surface area (Å²) in [7, 11) is 0. The molecule has 0 saturated heterocycles. The number of thiophene rings is 1. The minimum Gasteiger partial charge on any atom is -0.392 e. The number of benzene rings is 1. The van der Waals surface area contributed by atoms with Gasteiger partial charge < -0.3 is 10.4 Å². The minimum atomic E-state index is -0.0391. The topological polar surface area (TPSA) is 49.3 Å². The Kier molecular flexibility index (Phi) is 3.85. The average Bonchev–Trinajstić information content (AvgIpc) is 2.95. The van der Waals surface area contributed by atoms with Gasteiger partial charge in [0.05, 0.1) is 12.5 Å². The van der Waals surface area contributed by atoms with Gasteiger partial charge in [0.15, 0.2) is 0 Å². The number of hydrogen-bond donors (Lipinski definition) is 2. The Morgan fingerprint density at radius 3 is 3.15 bits per heavy atom. The normalized spacial score (nSPS) is 17.6. The molecule has 1 aromatic carbocycles. The van der Waals surface area contributed by atoms with Crippen molar-refractivity contribution in [2.24, 2.45) is 0 Å². The second-order valence-corrected chi connectivity index (χ2v) is 6.09. The van der Waals surface area contributed by atoms with Gasteiger partial charge in [-0.3, -0.25) is 4.79 Å². The van der Waals surface area contributed by atoms with Crippen LogP contribution in [-0.2, 0) is 17.8 Å². The number of nitrogens with one attached hydrogen (secondary N) is 1. The third kappa shape index (κ3) is 2.62. The van der Waals surface area contributed by atoms with Crippen molar-refractivity contribution in [3.8, 4) is 0 Å². The first-order valence-electron chi connectivity index (χ1n) is 6.85. The van der Waals surface area contributed by atoms with E-state index in [-0.39, 0.29) is 18.4 Å². The van der Waals surface area contributed by atoms with Crippen molar-refractivity contribution >= 4 is 22.9 Å². The van der Waals surface area contributed by atoms with Crippen LogP contribution < -0.4 is 5.32 Å². The van der Waals surface area contributed by atoms with Crippen molar-refractivity contribution in [2.75, 3.05) is 5.32 Å². The molecule has 1 aromatic heterocycles. The Balaban J connectivity index is 1.77. The number of anilines is 1. The monoisotopic (exact) mass is 287 g/mol. The number of rotatable bonds is 3. The second kappa shape index (κ2) is 5.77. The summed E-state index contributed by atoms with van der Waals surface area (Å²) in [5.41, 5.74) is 2.75. The Morgan fingerprint density at radius 2 is 2.30 bits per heavy atom. The zero-order valence-corrected chi connectivity index (χ0v) is 12.0. The van der Waals surface area contributed by atoms with E-state index in [0.29, 0.717) is 0 Å². The van der Waals surface area contributed by atoms with E-state index in [4.69, 9.17) is 5.11 Å². The number of amides is 1. The predicted molar refractivity (Wildman–Crippen MR) is 81.0 cm³/mol. The number of carbonyl (C=O) groups is 1. The maximum atomic E-state index is 12.5. The maximum absolute atomic E-state index is 12.5. The van der Waals surface area contributed by atoms with E-state index in [9.17, 15) is 4.79 Å². The van der Waals surface area contributed by atoms with Crippen LogP contribution in [0, 0.1) is 0 Å². The van der Waals surface area contributed by atoms with Gasteiger partial charge >= 0.3 is 0 Å². The molecule has 3 nitrogen and oxygen atoms in total. The van der Waals surface area contributed by atoms with E-state index in [1.807, 2.05) is 24.3 Å². The molecule has 1 aliphatic rings. The van der Waals surface area contributed by atoms with E-state index >= 15 is 0 Å². The summed E-state index contributed by atoms with van der Waals surface area (Å²) in [4.78, 5) is 13.8. The lowest BCUT2D eigenvalue weighted by Gasteiger charge is -2.22. The van der Waals surface area contributed by atoms with Gasteiger partial charge in [0.25, 0.3) is 0 Å². The van der Waals surface area contributed by atoms with E-state index in [1.165, 1.54) is 10.4 Å². The summed E-state index contributed by atoms with van der Waals surface area (Å²) >= 11 is 1.75. The van der Waals surface area contributed by atoms with Crippen LogP contribution >= 0.6 is 11.3 Å². The van der Waals surface area contributed by atoms with Crippen molar-refractivity contribution < 1.29 is 9.90 Å². The van der Waals surface area contributed by atoms with Gasteiger partial charge in [0.2, 0.25) is 5.91 Å². The van der Waals surface area contributed by atoms with Crippen LogP contribution in [0.1, 0.15) is 34.8 Å². The predicted octanol–water partition coefficient (Wildman–Crippen LogP) is 3.30. The van der Waals surface area contributed by atoms with Gasteiger partial charge in [-0.1, -0.05) is 12.1 Å². The van der Waals surface area contributed by atoms with Crippen LogP contribution in [0.25, 0.3) is 0 Å². The van der Waals surface area contributed by atoms with Crippen LogP contribution in [0.2, 0.25) is 0 Å². The molecular formula is C16H17NO2S. The molecule has 1 heterocycles. The molecule has 104 valence electrons. The molecule has 0 radical (unpaired) electrons. The van der Waals surface area contributed by atoms with Gasteiger partial charge in [-0.2, -0.15) is 0 Å². The van der Waals surface area contributed by atoms with Gasteiger partial charge in [-0.05, 0) is 54.0 Å². The van der Waals surface area contributed by atoms with Crippen molar-refractivity contribution in [3.63, 3.8) is 0 Å². The van der Waals surface area contributed by atoms with Crippen molar-refractivity contribution in [1.82, 2.24) is 0 Å². The van der Waals surface area contributed by atoms with E-state index in [2.05, 4.69) is 16.8 Å². The summed E-state index contributed by atoms with van der Waals surface area (Å²) in [6, 6.07) is 9.43. The van der Waals surface area contributed by atoms with Gasteiger partial charge in [0, 0.05) is 10.6 Å². The second-order valence-electron chi connectivity index (χ2n) is 5.09. The van der Waals surface area contributed by atoms with Crippen LogP contribution in [0.5, 0.6) is 0 Å². The highest BCUT2D eigenvalue weighted by molar-refractivity contribution is 7.10. The molecule has 2 aromatic rings. The molecule has 0 spiro atoms. The Bertz CT molecular complexity index is 620. The largest absolute Gasteiger partial charge is 0.392 e. The summed E-state index contributed by atoms with van der Waals surface area (Å²) < 4.78 is 0. The highest BCUT2D eigenvalue weighted by atomic mass is 32.1. The number of aliphatic hydroxyl groups excluding tert-OH is 1. The zero-order valence-electron chi connectivity index (χ0n) is 11.1. The molecule has 20 heavy (non-hydrogen) atoms. The summed E-state index contributed by atoms with van der Waals surface area (Å²) in [5.74, 6) is 0.0159. The molecule has 0 fully saturated rings. The highest BCUT2D eigenvalue weighted by Gasteiger charge is 2.27. The number of aliphatic hydroxyl groups is 1. The first-order chi connectivity index (χ1) is 9.78. The van der Waals surface area contributed by atoms with E-state index in [1.54, 1.807) is 11.3 Å². The van der Waals surface area contributed by atoms with Crippen LogP contribution in [0.3, 0.4) is 0 Å². The number of hydrogen-bond acceptors (Lipinski definition) is 3. The fourth-order valence-corrected chi connectivity index (χ4v) is 3.72. The maximum Gasteiger partial charge on any atom is 0.231 e. The summed E-state index contributed by atoms with van der Waals surface area (Å²) in [6.45, 7) is -0.0121. The highest BCUT2D eigenvalue weighted by Crippen LogP contribution is 2.35. The van der Waals surface area contributed by atoms with Crippen LogP contribution in [0.15, 0.2) is 35.7 Å². The van der Waals surface area contributed by atoms with Crippen molar-refractivity contribution in [3.05, 3.63) is 51.7 Å². The average molecular weight is 287 g/mol. The van der Waals surface area contributed by atoms with Crippen LogP contribution in [0.4, 0.5) is 5.69 Å². The molecule has 1 amide bonds. The van der Waals surface area contributed by atoms with Crippen LogP contribution in [-0.4, -0.2) is 11.0 Å². The summed E-state index contributed by atoms with van der Waals surface area (Å²) in [5, 5.41) is 14.2. The lowest BCUT2D eigenvalue weighted by molar-refractivity contribution is -0.117. The lowest BCUT2D eigenvalue weighted by atomic mass is 9.87. The Hall–Kier alpha value is -1.65. The third-order valence-corrected chi connectivity index (χ3v) is 4.74. The molecule has 1 atom stereocenters. The number of aryl methyl sites for hydroxylation is 1. The molecule has 0 aliphatic heterocycles. The third-order valence-electron chi connectivity index (χ3n) is 3.75. The van der Waals surface area contributed by atoms with Gasteiger partial charge in [0.1, 0.15) is 0 Å². The molecule has 0 saturated carbocycles. The molecule has 0 bridgehead atoms. The molecule has 3 rings (SSSR count). The van der Waals surface area contributed by atoms with Gasteiger partial charge in [-0.25, -0.2) is 0 Å². The fraction of sp³-hybridized carbons (Fsp3) is 0.312. The molecule has 4 heteroatoms. The van der Waals surface area contributed by atoms with E-state index < -0.39 is 0 Å². The van der Waals surface area contributed by atoms with E-state index in [0.717, 1.165) is 30.5 Å². The quantitative estimate of drug-likeness (QED) is 0.910. The smallest absolute Gasteiger partial charge is 0.231 e. The Morgan fingerprint density at radius 1 is 1.40 bits per heavy atom. The minimum absolute atomic E-state index is 0.0121. The number of fused-ring (bicyclic) bond motifs is 1. The van der Waals surface area contributed by atoms with Gasteiger partial charge in [-0.15, -0.1) is 11.3 Å². The van der Waals surface area contributed by atoms with Crippen molar-refractivity contribution in [1.29, 1.82) is 0 Å². The SMILES string of the molecule is O=C(Nc1cccc(CO)c1)C1CCCc2sccc21.